The van der Waals surface area contributed by atoms with Crippen molar-refractivity contribution in [3.63, 3.8) is 0 Å². The molecule has 0 bridgehead atoms. The second-order valence-electron chi connectivity index (χ2n) is 6.44. The maximum Gasteiger partial charge on any atom is 0.410 e. The molecule has 0 aromatic rings. The lowest BCUT2D eigenvalue weighted by atomic mass is 10.0. The molecule has 1 aliphatic rings. The predicted molar refractivity (Wildman–Crippen MR) is 87.4 cm³/mol. The van der Waals surface area contributed by atoms with Crippen LogP contribution >= 0.6 is 0 Å². The zero-order chi connectivity index (χ0) is 16.9. The van der Waals surface area contributed by atoms with Crippen LogP contribution in [0, 0.1) is 0 Å². The summed E-state index contributed by atoms with van der Waals surface area (Å²) in [4.78, 5) is 15.8. The van der Waals surface area contributed by atoms with Crippen LogP contribution in [0.1, 0.15) is 27.7 Å². The number of hydrogen-bond acceptors (Lipinski definition) is 3. The Morgan fingerprint density at radius 3 is 2.23 bits per heavy atom. The van der Waals surface area contributed by atoms with Gasteiger partial charge in [0.2, 0.25) is 0 Å². The van der Waals surface area contributed by atoms with Gasteiger partial charge in [0.1, 0.15) is 11.4 Å². The van der Waals surface area contributed by atoms with Crippen LogP contribution in [0.5, 0.6) is 0 Å². The molecule has 124 valence electrons. The summed E-state index contributed by atoms with van der Waals surface area (Å²) < 4.78 is 18.9. The predicted octanol–water partition coefficient (Wildman–Crippen LogP) is 3.52. The SMILES string of the molecule is C=C/C=C(\C(=C)F)C(C)N1CCN(C(=O)OC(C)(C)C)CC1. The lowest BCUT2D eigenvalue weighted by Gasteiger charge is -2.39. The van der Waals surface area contributed by atoms with Crippen molar-refractivity contribution in [1.29, 1.82) is 0 Å². The highest BCUT2D eigenvalue weighted by Crippen LogP contribution is 2.21. The molecule has 4 nitrogen and oxygen atoms in total. The van der Waals surface area contributed by atoms with E-state index in [1.165, 1.54) is 0 Å². The maximum atomic E-state index is 13.5. The van der Waals surface area contributed by atoms with E-state index in [4.69, 9.17) is 4.74 Å². The van der Waals surface area contributed by atoms with Crippen LogP contribution in [0.3, 0.4) is 0 Å². The van der Waals surface area contributed by atoms with Crippen LogP contribution in [-0.2, 0) is 4.74 Å². The molecule has 1 saturated heterocycles. The summed E-state index contributed by atoms with van der Waals surface area (Å²) in [6, 6.07) is -0.101. The number of carbonyl (C=O) groups excluding carboxylic acids is 1. The number of rotatable bonds is 4. The van der Waals surface area contributed by atoms with Crippen molar-refractivity contribution in [2.45, 2.75) is 39.3 Å². The van der Waals surface area contributed by atoms with E-state index in [0.717, 1.165) is 0 Å². The number of ether oxygens (including phenoxy) is 1. The normalized spacial score (nSPS) is 18.8. The molecule has 1 unspecified atom stereocenters. The fraction of sp³-hybridized carbons (Fsp3) is 0.588. The minimum absolute atomic E-state index is 0.101. The molecule has 22 heavy (non-hydrogen) atoms. The van der Waals surface area contributed by atoms with Gasteiger partial charge in [-0.1, -0.05) is 25.3 Å². The monoisotopic (exact) mass is 310 g/mol. The molecule has 0 spiro atoms. The Morgan fingerprint density at radius 2 is 1.82 bits per heavy atom. The van der Waals surface area contributed by atoms with Gasteiger partial charge in [-0.2, -0.15) is 0 Å². The van der Waals surface area contributed by atoms with Crippen LogP contribution in [0.2, 0.25) is 0 Å². The summed E-state index contributed by atoms with van der Waals surface area (Å²) in [6.07, 6.45) is 2.91. The molecule has 0 N–H and O–H groups in total. The lowest BCUT2D eigenvalue weighted by Crippen LogP contribution is -2.52. The minimum atomic E-state index is -0.493. The molecule has 1 heterocycles. The van der Waals surface area contributed by atoms with Crippen LogP contribution in [0.15, 0.2) is 36.7 Å². The molecule has 5 heteroatoms. The van der Waals surface area contributed by atoms with Gasteiger partial charge in [0.15, 0.2) is 0 Å². The van der Waals surface area contributed by atoms with Crippen molar-refractivity contribution in [2.24, 2.45) is 0 Å². The van der Waals surface area contributed by atoms with Gasteiger partial charge in [-0.3, -0.25) is 4.90 Å². The molecular weight excluding hydrogens is 283 g/mol. The molecular formula is C17H27FN2O2. The molecule has 1 amide bonds. The summed E-state index contributed by atoms with van der Waals surface area (Å²) in [5.41, 5.74) is 0.0357. The Bertz CT molecular complexity index is 458. The van der Waals surface area contributed by atoms with Gasteiger partial charge in [-0.25, -0.2) is 9.18 Å². The molecule has 0 aromatic heterocycles. The maximum absolute atomic E-state index is 13.5. The zero-order valence-corrected chi connectivity index (χ0v) is 14.1. The van der Waals surface area contributed by atoms with E-state index in [1.54, 1.807) is 17.1 Å². The van der Waals surface area contributed by atoms with Gasteiger partial charge in [-0.05, 0) is 27.7 Å². The fourth-order valence-corrected chi connectivity index (χ4v) is 2.40. The highest BCUT2D eigenvalue weighted by atomic mass is 19.1. The number of carbonyl (C=O) groups is 1. The van der Waals surface area contributed by atoms with Gasteiger partial charge < -0.3 is 9.64 Å². The van der Waals surface area contributed by atoms with Gasteiger partial charge in [0, 0.05) is 37.8 Å². The molecule has 1 rings (SSSR count). The molecule has 0 saturated carbocycles. The first kappa shape index (κ1) is 18.4. The molecule has 1 aliphatic heterocycles. The first-order valence-electron chi connectivity index (χ1n) is 7.55. The van der Waals surface area contributed by atoms with Crippen LogP contribution in [0.25, 0.3) is 0 Å². The molecule has 0 radical (unpaired) electrons. The van der Waals surface area contributed by atoms with Crippen molar-refractivity contribution >= 4 is 6.09 Å². The van der Waals surface area contributed by atoms with Gasteiger partial charge in [0.25, 0.3) is 0 Å². The molecule has 0 aliphatic carbocycles. The summed E-state index contributed by atoms with van der Waals surface area (Å²) in [6.45, 7) is 16.9. The van der Waals surface area contributed by atoms with Crippen molar-refractivity contribution < 1.29 is 13.9 Å². The number of halogens is 1. The number of piperazine rings is 1. The Labute approximate surface area is 132 Å². The zero-order valence-electron chi connectivity index (χ0n) is 14.1. The molecule has 1 fully saturated rings. The van der Waals surface area contributed by atoms with Crippen molar-refractivity contribution in [2.75, 3.05) is 26.2 Å². The second kappa shape index (κ2) is 7.58. The number of nitrogens with zero attached hydrogens (tertiary/aromatic N) is 2. The van der Waals surface area contributed by atoms with E-state index < -0.39 is 11.4 Å². The summed E-state index contributed by atoms with van der Waals surface area (Å²) in [5.74, 6) is -0.443. The van der Waals surface area contributed by atoms with E-state index in [9.17, 15) is 9.18 Å². The lowest BCUT2D eigenvalue weighted by molar-refractivity contribution is 0.0124. The first-order valence-corrected chi connectivity index (χ1v) is 7.55. The van der Waals surface area contributed by atoms with E-state index >= 15 is 0 Å². The van der Waals surface area contributed by atoms with E-state index in [-0.39, 0.29) is 12.1 Å². The van der Waals surface area contributed by atoms with E-state index in [1.807, 2.05) is 27.7 Å². The van der Waals surface area contributed by atoms with E-state index in [0.29, 0.717) is 31.8 Å². The Hall–Kier alpha value is -1.62. The quantitative estimate of drug-likeness (QED) is 0.745. The summed E-state index contributed by atoms with van der Waals surface area (Å²) >= 11 is 0. The smallest absolute Gasteiger partial charge is 0.410 e. The van der Waals surface area contributed by atoms with Gasteiger partial charge >= 0.3 is 6.09 Å². The fourth-order valence-electron chi connectivity index (χ4n) is 2.40. The number of allylic oxidation sites excluding steroid dienone is 2. The van der Waals surface area contributed by atoms with E-state index in [2.05, 4.69) is 18.1 Å². The average molecular weight is 310 g/mol. The van der Waals surface area contributed by atoms with Crippen molar-refractivity contribution in [1.82, 2.24) is 9.80 Å². The third-order valence-corrected chi connectivity index (χ3v) is 3.57. The Morgan fingerprint density at radius 1 is 1.27 bits per heavy atom. The molecule has 0 aromatic carbocycles. The third-order valence-electron chi connectivity index (χ3n) is 3.57. The molecule has 1 atom stereocenters. The largest absolute Gasteiger partial charge is 0.444 e. The first-order chi connectivity index (χ1) is 10.2. The summed E-state index contributed by atoms with van der Waals surface area (Å²) in [5, 5.41) is 0. The highest BCUT2D eigenvalue weighted by molar-refractivity contribution is 5.68. The van der Waals surface area contributed by atoms with Crippen molar-refractivity contribution in [3.05, 3.63) is 36.7 Å². The van der Waals surface area contributed by atoms with Gasteiger partial charge in [0.05, 0.1) is 0 Å². The van der Waals surface area contributed by atoms with Crippen LogP contribution in [0.4, 0.5) is 9.18 Å². The number of amides is 1. The Balaban J connectivity index is 2.61. The Kier molecular flexibility index (Phi) is 6.35. The van der Waals surface area contributed by atoms with Crippen molar-refractivity contribution in [3.8, 4) is 0 Å². The third kappa shape index (κ3) is 5.30. The van der Waals surface area contributed by atoms with Crippen LogP contribution in [-0.4, -0.2) is 53.7 Å². The summed E-state index contributed by atoms with van der Waals surface area (Å²) in [7, 11) is 0. The number of hydrogen-bond donors (Lipinski definition) is 0. The van der Waals surface area contributed by atoms with Crippen LogP contribution < -0.4 is 0 Å². The topological polar surface area (TPSA) is 32.8 Å². The average Bonchev–Trinajstić information content (AvgIpc) is 2.42. The second-order valence-corrected chi connectivity index (χ2v) is 6.44. The minimum Gasteiger partial charge on any atom is -0.444 e. The van der Waals surface area contributed by atoms with Gasteiger partial charge in [-0.15, -0.1) is 0 Å². The standard InChI is InChI=1S/C17H27FN2O2/c1-7-8-15(13(2)18)14(3)19-9-11-20(12-10-19)16(21)22-17(4,5)6/h7-8,14H,1-2,9-12H2,3-6H3/b15-8+. The highest BCUT2D eigenvalue weighted by Gasteiger charge is 2.28.